The lowest BCUT2D eigenvalue weighted by Gasteiger charge is -2.26. The minimum atomic E-state index is -0.889. The highest BCUT2D eigenvalue weighted by Gasteiger charge is 2.29. The molecule has 0 spiro atoms. The molecule has 0 aliphatic rings. The molecule has 0 heterocycles. The molecule has 0 aliphatic carbocycles. The quantitative estimate of drug-likeness (QED) is 0.242. The fourth-order valence-electron chi connectivity index (χ4n) is 4.62. The fourth-order valence-corrected chi connectivity index (χ4v) is 4.62. The zero-order valence-electron chi connectivity index (χ0n) is 24.3. The fraction of sp³-hybridized carbons (Fsp3) is 0.394. The molecule has 0 radical (unpaired) electrons. The molecule has 3 N–H and O–H groups in total. The molecule has 3 rings (SSSR count). The molecule has 0 aliphatic heterocycles. The van der Waals surface area contributed by atoms with Crippen LogP contribution in [0.5, 0.6) is 0 Å². The van der Waals surface area contributed by atoms with Gasteiger partial charge in [0.15, 0.2) is 0 Å². The molecular weight excluding hydrogens is 518 g/mol. The second-order valence-corrected chi connectivity index (χ2v) is 11.2. The Labute approximate surface area is 242 Å². The van der Waals surface area contributed by atoms with Crippen LogP contribution in [-0.4, -0.2) is 42.3 Å². The van der Waals surface area contributed by atoms with E-state index in [0.717, 1.165) is 21.9 Å². The van der Waals surface area contributed by atoms with E-state index >= 15 is 0 Å². The number of rotatable bonds is 14. The monoisotopic (exact) mass is 559 g/mol. The number of ether oxygens (including phenoxy) is 1. The normalized spacial score (nSPS) is 13.3. The zero-order valence-corrected chi connectivity index (χ0v) is 24.3. The van der Waals surface area contributed by atoms with Gasteiger partial charge < -0.3 is 25.5 Å². The third-order valence-corrected chi connectivity index (χ3v) is 6.63. The van der Waals surface area contributed by atoms with E-state index < -0.39 is 36.0 Å². The molecular formula is C33H41N3O5. The molecule has 218 valence electrons. The molecule has 0 saturated carbocycles. The minimum Gasteiger partial charge on any atom is -0.445 e. The van der Waals surface area contributed by atoms with Gasteiger partial charge in [0.25, 0.3) is 0 Å². The van der Waals surface area contributed by atoms with Crippen LogP contribution in [0.2, 0.25) is 0 Å². The van der Waals surface area contributed by atoms with E-state index in [4.69, 9.17) is 4.74 Å². The van der Waals surface area contributed by atoms with E-state index in [9.17, 15) is 19.2 Å². The van der Waals surface area contributed by atoms with Gasteiger partial charge in [-0.05, 0) is 53.0 Å². The number of nitrogens with one attached hydrogen (secondary N) is 3. The van der Waals surface area contributed by atoms with Gasteiger partial charge >= 0.3 is 6.09 Å². The summed E-state index contributed by atoms with van der Waals surface area (Å²) in [5, 5.41) is 10.4. The first kappa shape index (κ1) is 31.3. The van der Waals surface area contributed by atoms with Crippen LogP contribution in [0.3, 0.4) is 0 Å². The van der Waals surface area contributed by atoms with Crippen molar-refractivity contribution < 1.29 is 23.9 Å². The number of alkyl carbamates (subject to hydrolysis) is 1. The Balaban J connectivity index is 1.64. The molecule has 0 unspecified atom stereocenters. The third kappa shape index (κ3) is 10.4. The number of carbonyl (C=O) groups is 4. The molecule has 8 nitrogen and oxygen atoms in total. The van der Waals surface area contributed by atoms with Crippen LogP contribution in [0.1, 0.15) is 51.7 Å². The first-order valence-corrected chi connectivity index (χ1v) is 14.2. The number of fused-ring (bicyclic) bond motifs is 1. The molecule has 0 aromatic heterocycles. The van der Waals surface area contributed by atoms with E-state index in [-0.39, 0.29) is 18.4 Å². The third-order valence-electron chi connectivity index (χ3n) is 6.63. The topological polar surface area (TPSA) is 114 Å². The maximum Gasteiger partial charge on any atom is 0.408 e. The Morgan fingerprint density at radius 2 is 1.29 bits per heavy atom. The van der Waals surface area contributed by atoms with Crippen LogP contribution < -0.4 is 16.0 Å². The molecule has 3 amide bonds. The Hall–Kier alpha value is -4.20. The Morgan fingerprint density at radius 1 is 0.707 bits per heavy atom. The summed E-state index contributed by atoms with van der Waals surface area (Å²) in [5.74, 6) is -0.735. The number of hydrogen-bond acceptors (Lipinski definition) is 5. The molecule has 0 saturated heterocycles. The van der Waals surface area contributed by atoms with E-state index in [1.54, 1.807) is 0 Å². The first-order chi connectivity index (χ1) is 19.6. The van der Waals surface area contributed by atoms with E-state index in [2.05, 4.69) is 16.0 Å². The van der Waals surface area contributed by atoms with Crippen molar-refractivity contribution in [1.82, 2.24) is 16.0 Å². The number of carbonyl (C=O) groups excluding carboxylic acids is 4. The largest absolute Gasteiger partial charge is 0.445 e. The lowest BCUT2D eigenvalue weighted by atomic mass is 9.99. The summed E-state index contributed by atoms with van der Waals surface area (Å²) in [4.78, 5) is 51.1. The van der Waals surface area contributed by atoms with Crippen molar-refractivity contribution in [2.45, 2.75) is 71.7 Å². The molecule has 3 aromatic rings. The summed E-state index contributed by atoms with van der Waals surface area (Å²) in [6.45, 7) is 7.85. The van der Waals surface area contributed by atoms with Crippen molar-refractivity contribution in [3.8, 4) is 0 Å². The number of amides is 3. The highest BCUT2D eigenvalue weighted by atomic mass is 16.5. The minimum absolute atomic E-state index is 0.0748. The summed E-state index contributed by atoms with van der Waals surface area (Å²) in [5.41, 5.74) is 1.75. The second kappa shape index (κ2) is 15.6. The van der Waals surface area contributed by atoms with Crippen molar-refractivity contribution in [1.29, 1.82) is 0 Å². The van der Waals surface area contributed by atoms with Crippen LogP contribution in [0.4, 0.5) is 4.79 Å². The summed E-state index contributed by atoms with van der Waals surface area (Å²) < 4.78 is 5.31. The van der Waals surface area contributed by atoms with E-state index in [0.29, 0.717) is 25.5 Å². The van der Waals surface area contributed by atoms with Gasteiger partial charge in [0.05, 0.1) is 6.04 Å². The first-order valence-electron chi connectivity index (χ1n) is 14.2. The van der Waals surface area contributed by atoms with Gasteiger partial charge in [-0.1, -0.05) is 100 Å². The van der Waals surface area contributed by atoms with Gasteiger partial charge in [-0.2, -0.15) is 0 Å². The highest BCUT2D eigenvalue weighted by Crippen LogP contribution is 2.17. The molecule has 3 atom stereocenters. The maximum absolute atomic E-state index is 13.3. The van der Waals surface area contributed by atoms with Crippen LogP contribution in [0.15, 0.2) is 72.8 Å². The van der Waals surface area contributed by atoms with E-state index in [1.807, 2.05) is 100 Å². The lowest BCUT2D eigenvalue weighted by molar-refractivity contribution is -0.131. The van der Waals surface area contributed by atoms with Crippen molar-refractivity contribution in [3.63, 3.8) is 0 Å². The molecule has 8 heteroatoms. The van der Waals surface area contributed by atoms with Crippen molar-refractivity contribution >= 4 is 35.0 Å². The van der Waals surface area contributed by atoms with Gasteiger partial charge in [-0.25, -0.2) is 4.79 Å². The van der Waals surface area contributed by atoms with Crippen molar-refractivity contribution in [2.75, 3.05) is 0 Å². The van der Waals surface area contributed by atoms with Crippen LogP contribution in [-0.2, 0) is 32.1 Å². The molecule has 3 aromatic carbocycles. The Kier molecular flexibility index (Phi) is 11.9. The van der Waals surface area contributed by atoms with Gasteiger partial charge in [0.2, 0.25) is 11.8 Å². The summed E-state index contributed by atoms with van der Waals surface area (Å²) in [7, 11) is 0. The molecule has 0 fully saturated rings. The van der Waals surface area contributed by atoms with E-state index in [1.165, 1.54) is 0 Å². The molecule has 0 bridgehead atoms. The predicted octanol–water partition coefficient (Wildman–Crippen LogP) is 4.94. The second-order valence-electron chi connectivity index (χ2n) is 11.2. The summed E-state index contributed by atoms with van der Waals surface area (Å²) in [6.07, 6.45) is 1.06. The number of aldehydes is 1. The average Bonchev–Trinajstić information content (AvgIpc) is 2.95. The number of hydrogen-bond donors (Lipinski definition) is 3. The zero-order chi connectivity index (χ0) is 29.8. The summed E-state index contributed by atoms with van der Waals surface area (Å²) in [6, 6.07) is 20.6. The van der Waals surface area contributed by atoms with Crippen LogP contribution in [0, 0.1) is 11.8 Å². The highest BCUT2D eigenvalue weighted by molar-refractivity contribution is 5.92. The van der Waals surface area contributed by atoms with Crippen molar-refractivity contribution in [2.24, 2.45) is 11.8 Å². The maximum atomic E-state index is 13.3. The SMILES string of the molecule is CC(C)C[C@H](NC(=O)OCc1ccccc1)C(=O)N[C@@H](CC(C)C)C(=O)N[C@H](C=O)Cc1ccc2ccccc2c1. The average molecular weight is 560 g/mol. The Bertz CT molecular complexity index is 1310. The molecule has 41 heavy (non-hydrogen) atoms. The lowest BCUT2D eigenvalue weighted by Crippen LogP contribution is -2.55. The van der Waals surface area contributed by atoms with Crippen molar-refractivity contribution in [3.05, 3.63) is 83.9 Å². The van der Waals surface area contributed by atoms with Gasteiger partial charge in [0.1, 0.15) is 25.0 Å². The van der Waals surface area contributed by atoms with Crippen LogP contribution in [0.25, 0.3) is 10.8 Å². The van der Waals surface area contributed by atoms with Crippen LogP contribution >= 0.6 is 0 Å². The smallest absolute Gasteiger partial charge is 0.408 e. The van der Waals surface area contributed by atoms with Gasteiger partial charge in [-0.3, -0.25) is 9.59 Å². The van der Waals surface area contributed by atoms with Gasteiger partial charge in [0, 0.05) is 0 Å². The standard InChI is InChI=1S/C33H41N3O5/c1-22(2)16-29(31(38)34-28(20-37)19-25-14-15-26-12-8-9-13-27(26)18-25)35-32(39)30(17-23(3)4)36-33(40)41-21-24-10-6-5-7-11-24/h5-15,18,20,22-23,28-30H,16-17,19,21H2,1-4H3,(H,34,38)(H,35,39)(H,36,40)/t28-,29-,30-/m0/s1. The number of benzene rings is 3. The van der Waals surface area contributed by atoms with Gasteiger partial charge in [-0.15, -0.1) is 0 Å². The summed E-state index contributed by atoms with van der Waals surface area (Å²) >= 11 is 0. The predicted molar refractivity (Wildman–Crippen MR) is 160 cm³/mol. The Morgan fingerprint density at radius 3 is 1.93 bits per heavy atom.